The number of aromatic nitrogens is 4. The van der Waals surface area contributed by atoms with Crippen LogP contribution in [0.15, 0.2) is 35.3 Å². The van der Waals surface area contributed by atoms with Crippen molar-refractivity contribution in [2.24, 2.45) is 0 Å². The van der Waals surface area contributed by atoms with E-state index >= 15 is 0 Å². The van der Waals surface area contributed by atoms with E-state index < -0.39 is 0 Å². The third-order valence-corrected chi connectivity index (χ3v) is 3.21. The zero-order valence-electron chi connectivity index (χ0n) is 8.98. The summed E-state index contributed by atoms with van der Waals surface area (Å²) in [5.41, 5.74) is 0.803. The number of H-pyrrole nitrogens is 2. The zero-order valence-corrected chi connectivity index (χ0v) is 10.5. The Kier molecular flexibility index (Phi) is 2.53. The molecule has 0 aliphatic carbocycles. The highest BCUT2D eigenvalue weighted by Crippen LogP contribution is 2.19. The summed E-state index contributed by atoms with van der Waals surface area (Å²) in [5, 5.41) is 7.38. The fraction of sp³-hybridized carbons (Fsp3) is 0. The second kappa shape index (κ2) is 4.08. The van der Waals surface area contributed by atoms with Crippen molar-refractivity contribution in [1.29, 1.82) is 0 Å². The molecule has 18 heavy (non-hydrogen) atoms. The van der Waals surface area contributed by atoms with Gasteiger partial charge in [-0.15, -0.1) is 0 Å². The molecule has 2 heterocycles. The molecule has 0 aliphatic rings. The summed E-state index contributed by atoms with van der Waals surface area (Å²) in [6.07, 6.45) is 1.45. The van der Waals surface area contributed by atoms with Gasteiger partial charge in [-0.3, -0.25) is 14.5 Å². The first-order valence-electron chi connectivity index (χ1n) is 5.12. The molecule has 0 unspecified atom stereocenters. The predicted octanol–water partition coefficient (Wildman–Crippen LogP) is 2.42. The molecule has 2 aromatic heterocycles. The summed E-state index contributed by atoms with van der Waals surface area (Å²) in [7, 11) is 0. The molecule has 0 amide bonds. The summed E-state index contributed by atoms with van der Waals surface area (Å²) < 4.78 is 1.63. The van der Waals surface area contributed by atoms with Crippen LogP contribution in [0.2, 0.25) is 5.02 Å². The predicted molar refractivity (Wildman–Crippen MR) is 71.9 cm³/mol. The number of nitrogens with one attached hydrogen (secondary N) is 2. The molecule has 90 valence electrons. The third kappa shape index (κ3) is 1.58. The van der Waals surface area contributed by atoms with E-state index in [1.165, 1.54) is 10.8 Å². The van der Waals surface area contributed by atoms with Crippen LogP contribution in [0.4, 0.5) is 0 Å². The van der Waals surface area contributed by atoms with Crippen LogP contribution in [0.25, 0.3) is 16.7 Å². The van der Waals surface area contributed by atoms with Gasteiger partial charge in [-0.25, -0.2) is 0 Å². The Bertz CT molecular complexity index is 848. The van der Waals surface area contributed by atoms with Gasteiger partial charge in [0.05, 0.1) is 16.9 Å². The fourth-order valence-corrected chi connectivity index (χ4v) is 2.27. The number of hydrogen-bond acceptors (Lipinski definition) is 3. The number of rotatable bonds is 1. The average Bonchev–Trinajstić information content (AvgIpc) is 2.79. The first-order valence-corrected chi connectivity index (χ1v) is 5.90. The van der Waals surface area contributed by atoms with Gasteiger partial charge in [-0.05, 0) is 24.4 Å². The van der Waals surface area contributed by atoms with Crippen molar-refractivity contribution >= 4 is 34.9 Å². The summed E-state index contributed by atoms with van der Waals surface area (Å²) in [4.78, 5) is 15.2. The maximum atomic E-state index is 12.3. The Morgan fingerprint density at radius 2 is 2.11 bits per heavy atom. The van der Waals surface area contributed by atoms with Gasteiger partial charge < -0.3 is 4.98 Å². The number of nitrogens with zero attached hydrogens (tertiary/aromatic N) is 2. The Morgan fingerprint density at radius 3 is 2.89 bits per heavy atom. The molecule has 5 nitrogen and oxygen atoms in total. The Balaban J connectivity index is 2.47. The lowest BCUT2D eigenvalue weighted by Crippen LogP contribution is -2.20. The minimum Gasteiger partial charge on any atom is -0.316 e. The minimum absolute atomic E-state index is 0.254. The van der Waals surface area contributed by atoms with Crippen molar-refractivity contribution in [2.75, 3.05) is 0 Å². The van der Waals surface area contributed by atoms with E-state index in [-0.39, 0.29) is 10.3 Å². The number of para-hydroxylation sites is 1. The molecule has 2 N–H and O–H groups in total. The SMILES string of the molecule is O=c1c2cn[nH]c2[nH]c(=S)n1-c1ccccc1Cl. The maximum Gasteiger partial charge on any atom is 0.270 e. The van der Waals surface area contributed by atoms with Gasteiger partial charge in [0.25, 0.3) is 5.56 Å². The molecule has 0 bridgehead atoms. The smallest absolute Gasteiger partial charge is 0.270 e. The standard InChI is InChI=1S/C11H7ClN4OS/c12-7-3-1-2-4-8(7)16-10(17)6-5-13-15-9(6)14-11(16)18/h1-5H,(H2,13,14,15,18). The number of fused-ring (bicyclic) bond motifs is 1. The van der Waals surface area contributed by atoms with E-state index in [1.807, 2.05) is 0 Å². The second-order valence-electron chi connectivity index (χ2n) is 3.68. The van der Waals surface area contributed by atoms with Crippen LogP contribution in [-0.2, 0) is 0 Å². The van der Waals surface area contributed by atoms with E-state index in [4.69, 9.17) is 23.8 Å². The molecule has 0 fully saturated rings. The number of halogens is 1. The van der Waals surface area contributed by atoms with Gasteiger partial charge in [0.2, 0.25) is 0 Å². The molecule has 0 aliphatic heterocycles. The normalized spacial score (nSPS) is 10.9. The van der Waals surface area contributed by atoms with Crippen molar-refractivity contribution in [3.63, 3.8) is 0 Å². The molecule has 0 radical (unpaired) electrons. The Labute approximate surface area is 111 Å². The molecule has 3 aromatic rings. The molecule has 7 heteroatoms. The van der Waals surface area contributed by atoms with Gasteiger partial charge in [0.1, 0.15) is 11.0 Å². The largest absolute Gasteiger partial charge is 0.316 e. The molecular weight excluding hydrogens is 272 g/mol. The van der Waals surface area contributed by atoms with Crippen molar-refractivity contribution in [2.45, 2.75) is 0 Å². The van der Waals surface area contributed by atoms with Crippen molar-refractivity contribution in [3.05, 3.63) is 50.6 Å². The average molecular weight is 279 g/mol. The van der Waals surface area contributed by atoms with Gasteiger partial charge in [0.15, 0.2) is 4.77 Å². The van der Waals surface area contributed by atoms with E-state index in [9.17, 15) is 4.79 Å². The monoisotopic (exact) mass is 278 g/mol. The topological polar surface area (TPSA) is 66.5 Å². The number of aromatic amines is 2. The first kappa shape index (κ1) is 11.2. The quantitative estimate of drug-likeness (QED) is 0.672. The van der Waals surface area contributed by atoms with E-state index in [0.29, 0.717) is 21.7 Å². The van der Waals surface area contributed by atoms with Gasteiger partial charge in [-0.2, -0.15) is 5.10 Å². The second-order valence-corrected chi connectivity index (χ2v) is 4.47. The molecular formula is C11H7ClN4OS. The molecule has 0 saturated carbocycles. The highest BCUT2D eigenvalue weighted by molar-refractivity contribution is 7.71. The third-order valence-electron chi connectivity index (χ3n) is 2.60. The van der Waals surface area contributed by atoms with Crippen LogP contribution in [0, 0.1) is 4.77 Å². The van der Waals surface area contributed by atoms with Crippen LogP contribution >= 0.6 is 23.8 Å². The molecule has 3 rings (SSSR count). The van der Waals surface area contributed by atoms with E-state index in [1.54, 1.807) is 24.3 Å². The minimum atomic E-state index is -0.254. The zero-order chi connectivity index (χ0) is 12.7. The first-order chi connectivity index (χ1) is 8.68. The van der Waals surface area contributed by atoms with Crippen molar-refractivity contribution < 1.29 is 0 Å². The van der Waals surface area contributed by atoms with Crippen molar-refractivity contribution in [3.8, 4) is 5.69 Å². The highest BCUT2D eigenvalue weighted by atomic mass is 35.5. The lowest BCUT2D eigenvalue weighted by Gasteiger charge is -2.07. The molecule has 0 saturated heterocycles. The molecule has 1 aromatic carbocycles. The van der Waals surface area contributed by atoms with Gasteiger partial charge in [0, 0.05) is 0 Å². The number of benzene rings is 1. The van der Waals surface area contributed by atoms with Gasteiger partial charge >= 0.3 is 0 Å². The van der Waals surface area contributed by atoms with Crippen LogP contribution in [0.1, 0.15) is 0 Å². The van der Waals surface area contributed by atoms with Crippen molar-refractivity contribution in [1.82, 2.24) is 19.7 Å². The van der Waals surface area contributed by atoms with E-state index in [0.717, 1.165) is 0 Å². The highest BCUT2D eigenvalue weighted by Gasteiger charge is 2.10. The Morgan fingerprint density at radius 1 is 1.33 bits per heavy atom. The number of hydrogen-bond donors (Lipinski definition) is 2. The van der Waals surface area contributed by atoms with Crippen LogP contribution < -0.4 is 5.56 Å². The summed E-state index contributed by atoms with van der Waals surface area (Å²) in [6.45, 7) is 0. The summed E-state index contributed by atoms with van der Waals surface area (Å²) >= 11 is 11.3. The maximum absolute atomic E-state index is 12.3. The lowest BCUT2D eigenvalue weighted by atomic mass is 10.3. The molecule has 0 atom stereocenters. The Hall–Kier alpha value is -1.92. The summed E-state index contributed by atoms with van der Waals surface area (Å²) in [6, 6.07) is 7.03. The fourth-order valence-electron chi connectivity index (χ4n) is 1.77. The van der Waals surface area contributed by atoms with Crippen LogP contribution in [0.5, 0.6) is 0 Å². The van der Waals surface area contributed by atoms with E-state index in [2.05, 4.69) is 15.2 Å². The van der Waals surface area contributed by atoms with Crippen LogP contribution in [0.3, 0.4) is 0 Å². The summed E-state index contributed by atoms with van der Waals surface area (Å²) in [5.74, 6) is 0. The van der Waals surface area contributed by atoms with Gasteiger partial charge in [-0.1, -0.05) is 23.7 Å². The lowest BCUT2D eigenvalue weighted by molar-refractivity contribution is 0.935. The van der Waals surface area contributed by atoms with Crippen LogP contribution in [-0.4, -0.2) is 19.7 Å². The molecule has 0 spiro atoms.